The van der Waals surface area contributed by atoms with Crippen molar-refractivity contribution in [1.82, 2.24) is 9.71 Å². The van der Waals surface area contributed by atoms with Gasteiger partial charge in [0.2, 0.25) is 5.12 Å². The van der Waals surface area contributed by atoms with Crippen molar-refractivity contribution in [1.29, 1.82) is 0 Å². The fraction of sp³-hybridized carbons (Fsp3) is 0.0455. The summed E-state index contributed by atoms with van der Waals surface area (Å²) < 4.78 is 3.67. The number of thiazole rings is 1. The molecule has 2 amide bonds. The van der Waals surface area contributed by atoms with E-state index in [4.69, 9.17) is 0 Å². The standard InChI is InChI=1S/C22H17N3O2S2/c1-14-6-2-3-7-17(14)21(26)29-25-22(27)23-16-12-10-15(11-13-16)20-24-18-8-4-5-9-19(18)28-20/h2-13H,1H3,(H2,23,25,27). The lowest BCUT2D eigenvalue weighted by Crippen LogP contribution is -2.24. The largest absolute Gasteiger partial charge is 0.329 e. The monoisotopic (exact) mass is 419 g/mol. The molecular formula is C22H17N3O2S2. The van der Waals surface area contributed by atoms with Gasteiger partial charge >= 0.3 is 6.03 Å². The smallest absolute Gasteiger partial charge is 0.307 e. The van der Waals surface area contributed by atoms with Crippen molar-refractivity contribution < 1.29 is 9.59 Å². The highest BCUT2D eigenvalue weighted by atomic mass is 32.2. The van der Waals surface area contributed by atoms with Gasteiger partial charge in [0.15, 0.2) is 0 Å². The van der Waals surface area contributed by atoms with Crippen LogP contribution in [0.2, 0.25) is 0 Å². The first-order valence-corrected chi connectivity index (χ1v) is 10.5. The molecular weight excluding hydrogens is 402 g/mol. The number of aryl methyl sites for hydroxylation is 1. The number of para-hydroxylation sites is 1. The normalized spacial score (nSPS) is 10.7. The third-order valence-corrected chi connectivity index (χ3v) is 6.06. The highest BCUT2D eigenvalue weighted by molar-refractivity contribution is 8.12. The molecule has 0 aliphatic rings. The molecule has 0 radical (unpaired) electrons. The summed E-state index contributed by atoms with van der Waals surface area (Å²) in [6.45, 7) is 1.86. The van der Waals surface area contributed by atoms with Gasteiger partial charge in [-0.15, -0.1) is 11.3 Å². The minimum Gasteiger partial charge on any atom is -0.307 e. The van der Waals surface area contributed by atoms with Crippen molar-refractivity contribution in [2.45, 2.75) is 6.92 Å². The third-order valence-electron chi connectivity index (χ3n) is 4.29. The number of benzene rings is 3. The minimum atomic E-state index is -0.454. The van der Waals surface area contributed by atoms with Crippen molar-refractivity contribution in [3.05, 3.63) is 83.9 Å². The lowest BCUT2D eigenvalue weighted by atomic mass is 10.1. The van der Waals surface area contributed by atoms with Gasteiger partial charge in [-0.05, 0) is 48.9 Å². The number of carbonyl (C=O) groups excluding carboxylic acids is 2. The molecule has 0 saturated heterocycles. The number of urea groups is 1. The molecule has 144 valence electrons. The molecule has 29 heavy (non-hydrogen) atoms. The van der Waals surface area contributed by atoms with E-state index in [0.29, 0.717) is 11.3 Å². The van der Waals surface area contributed by atoms with Gasteiger partial charge in [-0.25, -0.2) is 9.78 Å². The lowest BCUT2D eigenvalue weighted by Gasteiger charge is -2.08. The molecule has 0 spiro atoms. The molecule has 0 fully saturated rings. The van der Waals surface area contributed by atoms with Crippen LogP contribution in [0.15, 0.2) is 72.8 Å². The van der Waals surface area contributed by atoms with E-state index in [-0.39, 0.29) is 5.12 Å². The van der Waals surface area contributed by atoms with Crippen LogP contribution in [0.5, 0.6) is 0 Å². The van der Waals surface area contributed by atoms with Gasteiger partial charge in [0.05, 0.1) is 10.2 Å². The third kappa shape index (κ3) is 4.47. The van der Waals surface area contributed by atoms with Crippen LogP contribution < -0.4 is 10.0 Å². The number of anilines is 1. The Bertz CT molecular complexity index is 1150. The maximum absolute atomic E-state index is 12.2. The van der Waals surface area contributed by atoms with Gasteiger partial charge < -0.3 is 5.32 Å². The highest BCUT2D eigenvalue weighted by Crippen LogP contribution is 2.30. The minimum absolute atomic E-state index is 0.204. The molecule has 7 heteroatoms. The number of fused-ring (bicyclic) bond motifs is 1. The summed E-state index contributed by atoms with van der Waals surface area (Å²) in [6.07, 6.45) is 0. The average molecular weight is 420 g/mol. The van der Waals surface area contributed by atoms with Crippen LogP contribution in [0, 0.1) is 6.92 Å². The maximum Gasteiger partial charge on any atom is 0.329 e. The van der Waals surface area contributed by atoms with Gasteiger partial charge in [-0.2, -0.15) is 0 Å². The van der Waals surface area contributed by atoms with E-state index >= 15 is 0 Å². The fourth-order valence-electron chi connectivity index (χ4n) is 2.80. The predicted molar refractivity (Wildman–Crippen MR) is 120 cm³/mol. The summed E-state index contributed by atoms with van der Waals surface area (Å²) >= 11 is 2.39. The summed E-state index contributed by atoms with van der Waals surface area (Å²) in [5.41, 5.74) is 4.05. The zero-order valence-electron chi connectivity index (χ0n) is 15.5. The summed E-state index contributed by atoms with van der Waals surface area (Å²) in [5.74, 6) is 0. The van der Waals surface area contributed by atoms with E-state index < -0.39 is 6.03 Å². The topological polar surface area (TPSA) is 71.1 Å². The lowest BCUT2D eigenvalue weighted by molar-refractivity contribution is 0.108. The number of aromatic nitrogens is 1. The highest BCUT2D eigenvalue weighted by Gasteiger charge is 2.12. The molecule has 0 unspecified atom stereocenters. The SMILES string of the molecule is Cc1ccccc1C(=O)SNC(=O)Nc1ccc(-c2nc3ccccc3s2)cc1. The first-order valence-electron chi connectivity index (χ1n) is 8.90. The Morgan fingerprint density at radius 2 is 1.66 bits per heavy atom. The summed E-state index contributed by atoms with van der Waals surface area (Å²) in [6, 6.07) is 22.3. The molecule has 4 rings (SSSR count). The molecule has 0 atom stereocenters. The van der Waals surface area contributed by atoms with Crippen molar-refractivity contribution in [2.24, 2.45) is 0 Å². The molecule has 0 aliphatic carbocycles. The Morgan fingerprint density at radius 3 is 2.41 bits per heavy atom. The van der Waals surface area contributed by atoms with E-state index in [1.165, 1.54) is 0 Å². The quantitative estimate of drug-likeness (QED) is 0.407. The second kappa shape index (κ2) is 8.46. The van der Waals surface area contributed by atoms with E-state index in [1.54, 1.807) is 23.5 Å². The first-order chi connectivity index (χ1) is 14.1. The van der Waals surface area contributed by atoms with Crippen LogP contribution in [-0.4, -0.2) is 16.1 Å². The number of carbonyl (C=O) groups is 2. The van der Waals surface area contributed by atoms with Crippen molar-refractivity contribution in [2.75, 3.05) is 5.32 Å². The maximum atomic E-state index is 12.2. The molecule has 0 saturated carbocycles. The second-order valence-electron chi connectivity index (χ2n) is 6.32. The molecule has 0 bridgehead atoms. The van der Waals surface area contributed by atoms with Crippen LogP contribution in [0.4, 0.5) is 10.5 Å². The molecule has 2 N–H and O–H groups in total. The molecule has 4 aromatic rings. The number of rotatable bonds is 3. The molecule has 1 heterocycles. The average Bonchev–Trinajstić information content (AvgIpc) is 3.17. The van der Waals surface area contributed by atoms with Crippen LogP contribution in [0.25, 0.3) is 20.8 Å². The Morgan fingerprint density at radius 1 is 0.931 bits per heavy atom. The van der Waals surface area contributed by atoms with Crippen LogP contribution in [0.3, 0.4) is 0 Å². The first kappa shape index (κ1) is 19.2. The number of hydrogen-bond donors (Lipinski definition) is 2. The molecule has 5 nitrogen and oxygen atoms in total. The summed E-state index contributed by atoms with van der Waals surface area (Å²) in [4.78, 5) is 28.9. The zero-order valence-corrected chi connectivity index (χ0v) is 17.1. The Hall–Kier alpha value is -3.16. The van der Waals surface area contributed by atoms with E-state index in [9.17, 15) is 9.59 Å². The number of nitrogens with one attached hydrogen (secondary N) is 2. The summed E-state index contributed by atoms with van der Waals surface area (Å²) in [7, 11) is 0. The molecule has 3 aromatic carbocycles. The Kier molecular flexibility index (Phi) is 5.59. The van der Waals surface area contributed by atoms with Crippen LogP contribution in [0.1, 0.15) is 15.9 Å². The predicted octanol–water partition coefficient (Wildman–Crippen LogP) is 5.88. The van der Waals surface area contributed by atoms with E-state index in [0.717, 1.165) is 38.3 Å². The fourth-order valence-corrected chi connectivity index (χ4v) is 4.34. The van der Waals surface area contributed by atoms with E-state index in [1.807, 2.05) is 67.6 Å². The van der Waals surface area contributed by atoms with Gasteiger partial charge in [0.25, 0.3) is 0 Å². The Balaban J connectivity index is 1.36. The molecule has 0 aliphatic heterocycles. The van der Waals surface area contributed by atoms with Crippen molar-refractivity contribution in [3.8, 4) is 10.6 Å². The van der Waals surface area contributed by atoms with Gasteiger partial charge in [-0.1, -0.05) is 36.4 Å². The van der Waals surface area contributed by atoms with Gasteiger partial charge in [0, 0.05) is 28.8 Å². The van der Waals surface area contributed by atoms with Crippen LogP contribution in [-0.2, 0) is 0 Å². The number of hydrogen-bond acceptors (Lipinski definition) is 5. The summed E-state index contributed by atoms with van der Waals surface area (Å²) in [5, 5.41) is 3.46. The van der Waals surface area contributed by atoms with Crippen LogP contribution >= 0.6 is 23.3 Å². The van der Waals surface area contributed by atoms with Gasteiger partial charge in [0.1, 0.15) is 5.01 Å². The Labute approximate surface area is 176 Å². The van der Waals surface area contributed by atoms with Crippen molar-refractivity contribution >= 4 is 50.3 Å². The van der Waals surface area contributed by atoms with E-state index in [2.05, 4.69) is 15.0 Å². The second-order valence-corrected chi connectivity index (χ2v) is 8.13. The molecule has 1 aromatic heterocycles. The zero-order chi connectivity index (χ0) is 20.2. The number of amides is 2. The number of nitrogens with zero attached hydrogens (tertiary/aromatic N) is 1. The van der Waals surface area contributed by atoms with Gasteiger partial charge in [-0.3, -0.25) is 9.52 Å². The van der Waals surface area contributed by atoms with Crippen molar-refractivity contribution in [3.63, 3.8) is 0 Å².